The maximum atomic E-state index is 14.7. The van der Waals surface area contributed by atoms with Crippen LogP contribution in [0.3, 0.4) is 0 Å². The zero-order chi connectivity index (χ0) is 42.0. The van der Waals surface area contributed by atoms with E-state index >= 15 is 0 Å². The molecule has 5 amide bonds. The minimum atomic E-state index is -0.870. The van der Waals surface area contributed by atoms with E-state index in [-0.39, 0.29) is 44.0 Å². The van der Waals surface area contributed by atoms with Crippen molar-refractivity contribution in [1.29, 1.82) is 0 Å². The fourth-order valence-electron chi connectivity index (χ4n) is 8.30. The lowest BCUT2D eigenvalue weighted by Crippen LogP contribution is -2.51. The van der Waals surface area contributed by atoms with Crippen LogP contribution < -0.4 is 16.0 Å². The lowest BCUT2D eigenvalue weighted by Gasteiger charge is -2.40. The van der Waals surface area contributed by atoms with Crippen molar-refractivity contribution in [3.05, 3.63) is 124 Å². The Hall–Kier alpha value is -6.24. The van der Waals surface area contributed by atoms with Gasteiger partial charge in [0.05, 0.1) is 5.41 Å². The van der Waals surface area contributed by atoms with Crippen molar-refractivity contribution in [2.45, 2.75) is 91.0 Å². The van der Waals surface area contributed by atoms with E-state index in [9.17, 15) is 24.0 Å². The fourth-order valence-corrected chi connectivity index (χ4v) is 8.30. The number of alkyl carbamates (subject to hydrolysis) is 1. The number of nitrogens with zero attached hydrogens (tertiary/aromatic N) is 3. The number of pyridine rings is 1. The van der Waals surface area contributed by atoms with E-state index in [2.05, 4.69) is 20.9 Å². The molecule has 13 heteroatoms. The number of likely N-dealkylation sites (tertiary alicyclic amines) is 1. The van der Waals surface area contributed by atoms with Gasteiger partial charge in [-0.25, -0.2) is 14.6 Å². The number of carbonyl (C=O) groups excluding carboxylic acids is 5. The molecule has 1 aliphatic carbocycles. The number of benzene rings is 3. The average molecular weight is 801 g/mol. The Bertz CT molecular complexity index is 2260. The first-order chi connectivity index (χ1) is 28.1. The Kier molecular flexibility index (Phi) is 11.5. The highest BCUT2D eigenvalue weighted by Crippen LogP contribution is 2.47. The summed E-state index contributed by atoms with van der Waals surface area (Å²) >= 11 is 0. The van der Waals surface area contributed by atoms with E-state index in [1.807, 2.05) is 92.7 Å². The van der Waals surface area contributed by atoms with E-state index < -0.39 is 28.6 Å². The molecule has 4 aromatic rings. The first-order valence-corrected chi connectivity index (χ1v) is 20.1. The van der Waals surface area contributed by atoms with E-state index in [1.165, 1.54) is 0 Å². The van der Waals surface area contributed by atoms with Crippen LogP contribution in [0.4, 0.5) is 21.1 Å². The molecule has 1 aromatic heterocycles. The predicted octanol–water partition coefficient (Wildman–Crippen LogP) is 6.81. The normalized spacial score (nSPS) is 17.7. The first kappa shape index (κ1) is 40.9. The van der Waals surface area contributed by atoms with Crippen LogP contribution in [0.5, 0.6) is 0 Å². The number of piperidine rings is 1. The van der Waals surface area contributed by atoms with Crippen LogP contribution in [0.15, 0.2) is 85.1 Å². The van der Waals surface area contributed by atoms with Crippen molar-refractivity contribution in [2.24, 2.45) is 5.41 Å². The zero-order valence-corrected chi connectivity index (χ0v) is 34.4. The minimum Gasteiger partial charge on any atom is -0.445 e. The van der Waals surface area contributed by atoms with Gasteiger partial charge in [-0.05, 0) is 98.9 Å². The summed E-state index contributed by atoms with van der Waals surface area (Å²) in [5.41, 5.74) is 4.48. The Morgan fingerprint density at radius 1 is 0.915 bits per heavy atom. The molecule has 1 fully saturated rings. The summed E-state index contributed by atoms with van der Waals surface area (Å²) in [5, 5.41) is 8.83. The second-order valence-electron chi connectivity index (χ2n) is 17.1. The van der Waals surface area contributed by atoms with Crippen LogP contribution in [0, 0.1) is 12.3 Å². The molecule has 0 radical (unpaired) electrons. The van der Waals surface area contributed by atoms with E-state index in [1.54, 1.807) is 36.8 Å². The molecule has 308 valence electrons. The third kappa shape index (κ3) is 9.09. The highest BCUT2D eigenvalue weighted by molar-refractivity contribution is 6.06. The van der Waals surface area contributed by atoms with Crippen LogP contribution in [-0.4, -0.2) is 69.9 Å². The van der Waals surface area contributed by atoms with Gasteiger partial charge in [-0.3, -0.25) is 14.4 Å². The number of ether oxygens (including phenoxy) is 2. The van der Waals surface area contributed by atoms with Crippen molar-refractivity contribution in [2.75, 3.05) is 30.3 Å². The van der Waals surface area contributed by atoms with Crippen molar-refractivity contribution in [3.8, 4) is 0 Å². The van der Waals surface area contributed by atoms with Crippen LogP contribution in [0.1, 0.15) is 79.5 Å². The molecule has 3 heterocycles. The molecule has 0 saturated carbocycles. The number of fused-ring (bicyclic) bond motifs is 3. The number of aromatic nitrogens is 1. The molecular formula is C46H52N6O7. The third-order valence-electron chi connectivity index (χ3n) is 11.6. The first-order valence-electron chi connectivity index (χ1n) is 20.1. The van der Waals surface area contributed by atoms with Gasteiger partial charge < -0.3 is 35.2 Å². The number of carbonyl (C=O) groups is 5. The third-order valence-corrected chi connectivity index (χ3v) is 11.6. The van der Waals surface area contributed by atoms with Gasteiger partial charge in [0, 0.05) is 49.0 Å². The van der Waals surface area contributed by atoms with Crippen LogP contribution >= 0.6 is 0 Å². The fraction of sp³-hybridized carbons (Fsp3) is 0.391. The number of rotatable bonds is 10. The summed E-state index contributed by atoms with van der Waals surface area (Å²) in [6.45, 7) is 9.99. The molecule has 3 N–H and O–H groups in total. The Morgan fingerprint density at radius 3 is 2.31 bits per heavy atom. The minimum absolute atomic E-state index is 0.0789. The average Bonchev–Trinajstić information content (AvgIpc) is 3.71. The SMILES string of the molecule is Cc1cc2c(cc1NC(=O)CN(Cc1ccccc1CNC(=O)OC(C)(C)C)C(=O)C1(C)CCN(C(=O)OCc3ccccc3)CC1)CC1(C2)C(=O)Nc2ncccc21. The quantitative estimate of drug-likeness (QED) is 0.158. The zero-order valence-electron chi connectivity index (χ0n) is 34.4. The van der Waals surface area contributed by atoms with Gasteiger partial charge in [0.25, 0.3) is 0 Å². The standard InChI is InChI=1S/C46H52N6O7/c1-30-22-34-24-46(36-16-11-19-47-39(36)50-40(46)54)25-35(34)23-37(30)49-38(53)28-52(27-33-15-10-9-14-32(33)26-48-42(56)59-44(2,3)4)41(55)45(5)17-20-51(21-18-45)43(57)58-29-31-12-7-6-8-13-31/h6-16,19,22-23H,17-18,20-21,24-29H2,1-5H3,(H,48,56)(H,49,53)(H,47,50,54). The van der Waals surface area contributed by atoms with Crippen molar-refractivity contribution in [3.63, 3.8) is 0 Å². The number of amides is 5. The predicted molar refractivity (Wildman–Crippen MR) is 222 cm³/mol. The highest BCUT2D eigenvalue weighted by Gasteiger charge is 2.51. The molecule has 1 unspecified atom stereocenters. The van der Waals surface area contributed by atoms with Gasteiger partial charge in [-0.1, -0.05) is 73.7 Å². The molecule has 1 saturated heterocycles. The lowest BCUT2D eigenvalue weighted by molar-refractivity contribution is -0.146. The van der Waals surface area contributed by atoms with Crippen molar-refractivity contribution in [1.82, 2.24) is 20.1 Å². The van der Waals surface area contributed by atoms with Crippen LogP contribution in [0.2, 0.25) is 0 Å². The summed E-state index contributed by atoms with van der Waals surface area (Å²) in [5.74, 6) is -0.0845. The molecule has 3 aliphatic rings. The van der Waals surface area contributed by atoms with E-state index in [0.717, 1.165) is 38.9 Å². The van der Waals surface area contributed by atoms with Gasteiger partial charge in [-0.15, -0.1) is 0 Å². The second kappa shape index (κ2) is 16.6. The van der Waals surface area contributed by atoms with Crippen LogP contribution in [0.25, 0.3) is 0 Å². The smallest absolute Gasteiger partial charge is 0.410 e. The number of nitrogens with one attached hydrogen (secondary N) is 3. The van der Waals surface area contributed by atoms with Crippen molar-refractivity contribution < 1.29 is 33.4 Å². The summed E-state index contributed by atoms with van der Waals surface area (Å²) in [6.07, 6.45) is 2.44. The highest BCUT2D eigenvalue weighted by atomic mass is 16.6. The molecule has 1 spiro atoms. The lowest BCUT2D eigenvalue weighted by atomic mass is 9.79. The Morgan fingerprint density at radius 2 is 1.59 bits per heavy atom. The maximum Gasteiger partial charge on any atom is 0.410 e. The van der Waals surface area contributed by atoms with Crippen LogP contribution in [-0.2, 0) is 61.8 Å². The molecular weight excluding hydrogens is 749 g/mol. The second-order valence-corrected chi connectivity index (χ2v) is 17.1. The Balaban J connectivity index is 1.08. The molecule has 0 bridgehead atoms. The van der Waals surface area contributed by atoms with Gasteiger partial charge in [0.15, 0.2) is 0 Å². The largest absolute Gasteiger partial charge is 0.445 e. The molecule has 59 heavy (non-hydrogen) atoms. The van der Waals surface area contributed by atoms with Gasteiger partial charge in [-0.2, -0.15) is 0 Å². The molecule has 2 aliphatic heterocycles. The van der Waals surface area contributed by atoms with Gasteiger partial charge >= 0.3 is 12.2 Å². The number of aryl methyl sites for hydroxylation is 1. The molecule has 1 atom stereocenters. The monoisotopic (exact) mass is 800 g/mol. The number of hydrogen-bond donors (Lipinski definition) is 3. The van der Waals surface area contributed by atoms with Crippen molar-refractivity contribution >= 4 is 41.4 Å². The number of hydrogen-bond acceptors (Lipinski definition) is 8. The summed E-state index contributed by atoms with van der Waals surface area (Å²) in [4.78, 5) is 75.2. The van der Waals surface area contributed by atoms with Gasteiger partial charge in [0.1, 0.15) is 24.6 Å². The van der Waals surface area contributed by atoms with Gasteiger partial charge in [0.2, 0.25) is 17.7 Å². The molecule has 3 aromatic carbocycles. The topological polar surface area (TPSA) is 159 Å². The maximum absolute atomic E-state index is 14.7. The van der Waals surface area contributed by atoms with E-state index in [4.69, 9.17) is 9.47 Å². The summed E-state index contributed by atoms with van der Waals surface area (Å²) in [6, 6.07) is 24.7. The van der Waals surface area contributed by atoms with E-state index in [0.29, 0.717) is 50.3 Å². The molecule has 13 nitrogen and oxygen atoms in total. The Labute approximate surface area is 344 Å². The number of anilines is 2. The molecule has 7 rings (SSSR count). The summed E-state index contributed by atoms with van der Waals surface area (Å²) < 4.78 is 11.0. The summed E-state index contributed by atoms with van der Waals surface area (Å²) in [7, 11) is 0.